The summed E-state index contributed by atoms with van der Waals surface area (Å²) < 4.78 is 0. The highest BCUT2D eigenvalue weighted by Gasteiger charge is 2.22. The van der Waals surface area contributed by atoms with Crippen LogP contribution in [-0.2, 0) is 0 Å². The number of rotatable bonds is 13. The maximum atomic E-state index is 6.20. The average Bonchev–Trinajstić information content (AvgIpc) is 2.92. The van der Waals surface area contributed by atoms with Gasteiger partial charge < -0.3 is 16.4 Å². The molecule has 0 saturated carbocycles. The van der Waals surface area contributed by atoms with E-state index in [1.165, 1.54) is 21.7 Å². The normalized spacial score (nSPS) is 21.3. The maximum absolute atomic E-state index is 6.20. The number of hydrogen-bond donors (Lipinski definition) is 6. The number of nitrogens with one attached hydrogen (secondary N) is 5. The second-order valence-electron chi connectivity index (χ2n) is 9.62. The number of nitrogens with two attached hydrogens (primary N) is 1. The zero-order valence-electron chi connectivity index (χ0n) is 21.3. The van der Waals surface area contributed by atoms with Crippen LogP contribution in [0.2, 0.25) is 0 Å². The Balaban J connectivity index is 1.42. The van der Waals surface area contributed by atoms with E-state index in [4.69, 9.17) is 5.73 Å². The monoisotopic (exact) mass is 506 g/mol. The molecule has 6 nitrogen and oxygen atoms in total. The largest absolute Gasteiger partial charge is 0.398 e. The third-order valence-electron chi connectivity index (χ3n) is 6.69. The fourth-order valence-corrected chi connectivity index (χ4v) is 5.59. The van der Waals surface area contributed by atoms with Crippen LogP contribution in [-0.4, -0.2) is 32.1 Å². The van der Waals surface area contributed by atoms with E-state index in [-0.39, 0.29) is 12.3 Å². The van der Waals surface area contributed by atoms with Crippen LogP contribution in [0, 0.1) is 0 Å². The van der Waals surface area contributed by atoms with Crippen LogP contribution >= 0.6 is 11.8 Å². The van der Waals surface area contributed by atoms with Gasteiger partial charge in [0.15, 0.2) is 0 Å². The highest BCUT2D eigenvalue weighted by atomic mass is 32.2. The Morgan fingerprint density at radius 3 is 2.75 bits per heavy atom. The molecular formula is C29H42N6S. The second-order valence-corrected chi connectivity index (χ2v) is 10.9. The molecule has 4 rings (SSSR count). The highest BCUT2D eigenvalue weighted by Crippen LogP contribution is 2.31. The molecule has 0 radical (unpaired) electrons. The van der Waals surface area contributed by atoms with Gasteiger partial charge in [-0.05, 0) is 74.0 Å². The summed E-state index contributed by atoms with van der Waals surface area (Å²) in [4.78, 5) is 2.32. The number of thioether (sulfide) groups is 1. The summed E-state index contributed by atoms with van der Waals surface area (Å²) in [6.45, 7) is 6.72. The van der Waals surface area contributed by atoms with E-state index in [0.29, 0.717) is 0 Å². The van der Waals surface area contributed by atoms with Crippen LogP contribution in [0.5, 0.6) is 0 Å². The lowest BCUT2D eigenvalue weighted by molar-refractivity contribution is 0.352. The van der Waals surface area contributed by atoms with Gasteiger partial charge in [-0.3, -0.25) is 16.0 Å². The Morgan fingerprint density at radius 1 is 1.11 bits per heavy atom. The van der Waals surface area contributed by atoms with Gasteiger partial charge in [0.1, 0.15) is 6.17 Å². The summed E-state index contributed by atoms with van der Waals surface area (Å²) in [5.41, 5.74) is 11.1. The number of allylic oxidation sites excluding steroid dienone is 11. The van der Waals surface area contributed by atoms with E-state index in [1.54, 1.807) is 11.8 Å². The van der Waals surface area contributed by atoms with Crippen LogP contribution in [0.25, 0.3) is 0 Å². The minimum atomic E-state index is 0.0270. The fourth-order valence-electron chi connectivity index (χ4n) is 4.68. The third-order valence-corrected chi connectivity index (χ3v) is 7.81. The topological polar surface area (TPSA) is 86.2 Å². The van der Waals surface area contributed by atoms with Gasteiger partial charge in [-0.25, -0.2) is 0 Å². The van der Waals surface area contributed by atoms with Crippen LogP contribution in [0.15, 0.2) is 93.7 Å². The van der Waals surface area contributed by atoms with Crippen molar-refractivity contribution in [2.75, 3.05) is 19.8 Å². The summed E-state index contributed by atoms with van der Waals surface area (Å²) >= 11 is 1.72. The first-order valence-electron chi connectivity index (χ1n) is 13.3. The zero-order chi connectivity index (χ0) is 25.0. The molecule has 2 unspecified atom stereocenters. The average molecular weight is 507 g/mol. The fraction of sp³-hybridized carbons (Fsp3) is 0.448. The van der Waals surface area contributed by atoms with Gasteiger partial charge in [0, 0.05) is 35.6 Å². The van der Waals surface area contributed by atoms with Gasteiger partial charge in [-0.2, -0.15) is 0 Å². The van der Waals surface area contributed by atoms with Crippen LogP contribution in [0.1, 0.15) is 51.4 Å². The first-order valence-corrected chi connectivity index (χ1v) is 14.1. The van der Waals surface area contributed by atoms with Gasteiger partial charge in [0.2, 0.25) is 0 Å². The van der Waals surface area contributed by atoms with Crippen molar-refractivity contribution in [3.8, 4) is 0 Å². The van der Waals surface area contributed by atoms with Gasteiger partial charge in [-0.15, -0.1) is 0 Å². The van der Waals surface area contributed by atoms with Crippen molar-refractivity contribution < 1.29 is 0 Å². The Labute approximate surface area is 221 Å². The van der Waals surface area contributed by atoms with E-state index >= 15 is 0 Å². The van der Waals surface area contributed by atoms with Crippen LogP contribution in [0.3, 0.4) is 0 Å². The highest BCUT2D eigenvalue weighted by molar-refractivity contribution is 8.06. The molecule has 0 spiro atoms. The van der Waals surface area contributed by atoms with Gasteiger partial charge >= 0.3 is 0 Å². The van der Waals surface area contributed by atoms with Crippen molar-refractivity contribution in [2.45, 2.75) is 63.7 Å². The molecule has 0 fully saturated rings. The van der Waals surface area contributed by atoms with Gasteiger partial charge in [-0.1, -0.05) is 60.4 Å². The minimum Gasteiger partial charge on any atom is -0.398 e. The molecule has 0 aromatic heterocycles. The molecule has 194 valence electrons. The lowest BCUT2D eigenvalue weighted by Gasteiger charge is -2.33. The molecule has 3 aliphatic carbocycles. The molecule has 36 heavy (non-hydrogen) atoms. The van der Waals surface area contributed by atoms with Crippen molar-refractivity contribution in [2.24, 2.45) is 5.73 Å². The first kappa shape index (κ1) is 26.6. The zero-order valence-corrected chi connectivity index (χ0v) is 22.1. The molecule has 2 atom stereocenters. The van der Waals surface area contributed by atoms with Crippen molar-refractivity contribution >= 4 is 11.8 Å². The first-order chi connectivity index (χ1) is 17.7. The van der Waals surface area contributed by atoms with Gasteiger partial charge in [0.25, 0.3) is 0 Å². The Kier molecular flexibility index (Phi) is 10.6. The Morgan fingerprint density at radius 2 is 2.00 bits per heavy atom. The molecule has 0 saturated heterocycles. The van der Waals surface area contributed by atoms with E-state index in [0.717, 1.165) is 81.7 Å². The van der Waals surface area contributed by atoms with Crippen LogP contribution in [0.4, 0.5) is 0 Å². The summed E-state index contributed by atoms with van der Waals surface area (Å²) in [7, 11) is 0. The van der Waals surface area contributed by atoms with Crippen molar-refractivity contribution in [1.29, 1.82) is 0 Å². The minimum absolute atomic E-state index is 0.0270. The third kappa shape index (κ3) is 8.59. The molecule has 0 amide bonds. The van der Waals surface area contributed by atoms with Crippen LogP contribution < -0.4 is 32.3 Å². The molecule has 0 aromatic rings. The standard InChI is InChI=1S/C29H42N6S/c1-22(36-27-15-9-8-14-26(27)30)18-33-28(17-16-23-10-4-2-5-11-23)35-29(24-19-31-21-32-20-24)34-25-12-6-3-7-13-25/h3-4,6,8,10-12,14,19,28-29,31-35H,1-2,5,7,9,13,15-18,20-21,30H2. The quantitative estimate of drug-likeness (QED) is 0.205. The van der Waals surface area contributed by atoms with Crippen molar-refractivity contribution in [3.63, 3.8) is 0 Å². The predicted molar refractivity (Wildman–Crippen MR) is 154 cm³/mol. The Bertz CT molecular complexity index is 984. The summed E-state index contributed by atoms with van der Waals surface area (Å²) in [5, 5.41) is 18.2. The van der Waals surface area contributed by atoms with E-state index in [1.807, 2.05) is 6.08 Å². The van der Waals surface area contributed by atoms with E-state index < -0.39 is 0 Å². The second kappa shape index (κ2) is 14.3. The van der Waals surface area contributed by atoms with Gasteiger partial charge in [0.05, 0.1) is 12.8 Å². The summed E-state index contributed by atoms with van der Waals surface area (Å²) in [6.07, 6.45) is 28.5. The molecule has 4 aliphatic rings. The summed E-state index contributed by atoms with van der Waals surface area (Å²) in [5.74, 6) is 0. The van der Waals surface area contributed by atoms with E-state index in [9.17, 15) is 0 Å². The molecule has 1 heterocycles. The van der Waals surface area contributed by atoms with E-state index in [2.05, 4.69) is 81.9 Å². The molecule has 1 aliphatic heterocycles. The molecular weight excluding hydrogens is 464 g/mol. The SMILES string of the molecule is C=C(CNC(CCC1=CCCC=C1)NC(NC1=CC=CCC1)C1=CNCNC1)SC1=C(N)C=CCC1. The number of hydrogen-bond acceptors (Lipinski definition) is 7. The lowest BCUT2D eigenvalue weighted by Crippen LogP contribution is -2.56. The smallest absolute Gasteiger partial charge is 0.103 e. The lowest BCUT2D eigenvalue weighted by atomic mass is 10.0. The molecule has 0 aromatic carbocycles. The Hall–Kier alpha value is -2.45. The van der Waals surface area contributed by atoms with Crippen molar-refractivity contribution in [3.05, 3.63) is 93.7 Å². The maximum Gasteiger partial charge on any atom is 0.103 e. The summed E-state index contributed by atoms with van der Waals surface area (Å²) in [6, 6.07) is 0. The molecule has 0 bridgehead atoms. The molecule has 7 heteroatoms. The van der Waals surface area contributed by atoms with Crippen molar-refractivity contribution in [1.82, 2.24) is 26.6 Å². The predicted octanol–water partition coefficient (Wildman–Crippen LogP) is 4.50. The molecule has 7 N–H and O–H groups in total.